The molecule has 0 radical (unpaired) electrons. The Labute approximate surface area is 316 Å². The molecular weight excluding hydrogens is 688 g/mol. The lowest BCUT2D eigenvalue weighted by molar-refractivity contribution is -0.188. The van der Waals surface area contributed by atoms with E-state index in [1.54, 1.807) is 0 Å². The monoisotopic (exact) mass is 740 g/mol. The fourth-order valence-electron chi connectivity index (χ4n) is 7.51. The first-order chi connectivity index (χ1) is 26.1. The number of ether oxygens (including phenoxy) is 1. The molecule has 2 fully saturated rings. The van der Waals surface area contributed by atoms with Gasteiger partial charge in [-0.15, -0.1) is 0 Å². The van der Waals surface area contributed by atoms with E-state index in [4.69, 9.17) is 19.6 Å². The van der Waals surface area contributed by atoms with Crippen molar-refractivity contribution in [2.24, 2.45) is 16.8 Å². The molecule has 0 spiro atoms. The van der Waals surface area contributed by atoms with Crippen molar-refractivity contribution >= 4 is 35.3 Å². The Balaban J connectivity index is 1.08. The van der Waals surface area contributed by atoms with Gasteiger partial charge < -0.3 is 34.7 Å². The minimum absolute atomic E-state index is 0.00675. The smallest absolute Gasteiger partial charge is 0.407 e. The number of hydrogen-bond donors (Lipinski definition) is 3. The zero-order chi connectivity index (χ0) is 38.4. The van der Waals surface area contributed by atoms with Gasteiger partial charge in [0, 0.05) is 19.3 Å². The molecule has 14 heteroatoms. The van der Waals surface area contributed by atoms with Crippen LogP contribution in [0, 0.1) is 11.8 Å². The number of nitrogens with one attached hydrogen (secondary N) is 3. The average molecular weight is 741 g/mol. The zero-order valence-corrected chi connectivity index (χ0v) is 32.0. The van der Waals surface area contributed by atoms with Crippen molar-refractivity contribution in [2.45, 2.75) is 90.4 Å². The van der Waals surface area contributed by atoms with Crippen LogP contribution in [0.5, 0.6) is 0 Å². The van der Waals surface area contributed by atoms with Crippen LogP contribution in [0.15, 0.2) is 53.7 Å². The first-order valence-corrected chi connectivity index (χ1v) is 18.9. The molecule has 54 heavy (non-hydrogen) atoms. The van der Waals surface area contributed by atoms with Crippen molar-refractivity contribution in [3.63, 3.8) is 0 Å². The molecule has 14 nitrogen and oxygen atoms in total. The highest BCUT2D eigenvalue weighted by atomic mass is 17.2. The molecule has 2 aromatic heterocycles. The highest BCUT2D eigenvalue weighted by Gasteiger charge is 2.38. The van der Waals surface area contributed by atoms with Crippen LogP contribution in [0.4, 0.5) is 4.79 Å². The molecule has 0 saturated carbocycles. The summed E-state index contributed by atoms with van der Waals surface area (Å²) in [6, 6.07) is 13.2. The maximum absolute atomic E-state index is 13.6. The lowest BCUT2D eigenvalue weighted by Gasteiger charge is -2.29. The SMILES string of the molecule is COO/C=N/[C@H](C(=O)N1CCC[C@H]1c1nc2cc(-c3ccc(CCc4c[nH]c([C@@H]5CCCN5C(=O)[C@@H](NC(=O)OC)C(C)C)n4)cc3)ccc2[nH]1)C(C)C. The third-order valence-corrected chi connectivity index (χ3v) is 10.4. The quantitative estimate of drug-likeness (QED) is 0.0606. The molecule has 4 aromatic rings. The molecule has 2 aliphatic heterocycles. The minimum Gasteiger partial charge on any atom is -0.453 e. The second kappa shape index (κ2) is 17.3. The van der Waals surface area contributed by atoms with Crippen LogP contribution in [-0.2, 0) is 36.9 Å². The van der Waals surface area contributed by atoms with Crippen molar-refractivity contribution in [2.75, 3.05) is 27.3 Å². The molecule has 0 bridgehead atoms. The van der Waals surface area contributed by atoms with Gasteiger partial charge in [-0.2, -0.15) is 4.89 Å². The van der Waals surface area contributed by atoms with Gasteiger partial charge in [-0.1, -0.05) is 58.0 Å². The number of rotatable bonds is 14. The fourth-order valence-corrected chi connectivity index (χ4v) is 7.51. The molecule has 0 aliphatic carbocycles. The predicted molar refractivity (Wildman–Crippen MR) is 204 cm³/mol. The van der Waals surface area contributed by atoms with Gasteiger partial charge in [-0.25, -0.2) is 19.8 Å². The van der Waals surface area contributed by atoms with Gasteiger partial charge in [-0.05, 0) is 79.2 Å². The van der Waals surface area contributed by atoms with Crippen LogP contribution >= 0.6 is 0 Å². The summed E-state index contributed by atoms with van der Waals surface area (Å²) in [5.74, 6) is 1.30. The number of aryl methyl sites for hydroxylation is 2. The highest BCUT2D eigenvalue weighted by Crippen LogP contribution is 2.35. The van der Waals surface area contributed by atoms with E-state index in [1.165, 1.54) is 26.2 Å². The number of carbonyl (C=O) groups is 3. The number of alkyl carbamates (subject to hydrolysis) is 1. The summed E-state index contributed by atoms with van der Waals surface area (Å²) in [5.41, 5.74) is 6.07. The first kappa shape index (κ1) is 38.5. The summed E-state index contributed by atoms with van der Waals surface area (Å²) in [5, 5.41) is 2.70. The second-order valence-electron chi connectivity index (χ2n) is 14.8. The summed E-state index contributed by atoms with van der Waals surface area (Å²) in [6.07, 6.45) is 7.48. The number of aliphatic imine (C=N–C) groups is 1. The van der Waals surface area contributed by atoms with Crippen molar-refractivity contribution in [3.05, 3.63) is 71.6 Å². The van der Waals surface area contributed by atoms with Gasteiger partial charge in [0.1, 0.15) is 23.7 Å². The molecule has 288 valence electrons. The van der Waals surface area contributed by atoms with E-state index in [0.29, 0.717) is 13.1 Å². The Morgan fingerprint density at radius 1 is 0.889 bits per heavy atom. The topological polar surface area (TPSA) is 167 Å². The van der Waals surface area contributed by atoms with E-state index in [2.05, 4.69) is 61.6 Å². The summed E-state index contributed by atoms with van der Waals surface area (Å²) in [6.45, 7) is 9.03. The second-order valence-corrected chi connectivity index (χ2v) is 14.8. The number of nitrogens with zero attached hydrogens (tertiary/aromatic N) is 5. The maximum atomic E-state index is 13.6. The Morgan fingerprint density at radius 3 is 2.24 bits per heavy atom. The van der Waals surface area contributed by atoms with Crippen LogP contribution in [0.25, 0.3) is 22.2 Å². The van der Waals surface area contributed by atoms with Crippen molar-refractivity contribution in [1.82, 2.24) is 35.1 Å². The number of H-pyrrole nitrogens is 2. The molecule has 4 heterocycles. The lowest BCUT2D eigenvalue weighted by atomic mass is 10.0. The van der Waals surface area contributed by atoms with Crippen LogP contribution in [0.2, 0.25) is 0 Å². The Hall–Kier alpha value is -5.24. The number of benzene rings is 2. The van der Waals surface area contributed by atoms with E-state index in [0.717, 1.165) is 78.0 Å². The number of likely N-dealkylation sites (tertiary alicyclic amines) is 2. The molecule has 2 aliphatic rings. The number of amides is 3. The summed E-state index contributed by atoms with van der Waals surface area (Å²) in [7, 11) is 2.69. The lowest BCUT2D eigenvalue weighted by Crippen LogP contribution is -2.51. The van der Waals surface area contributed by atoms with Gasteiger partial charge in [0.05, 0.1) is 43.0 Å². The van der Waals surface area contributed by atoms with E-state index in [9.17, 15) is 14.4 Å². The molecule has 3 amide bonds. The Bertz CT molecular complexity index is 1940. The molecule has 0 unspecified atom stereocenters. The number of aromatic nitrogens is 4. The number of carbonyl (C=O) groups excluding carboxylic acids is 3. The van der Waals surface area contributed by atoms with E-state index < -0.39 is 18.2 Å². The first-order valence-electron chi connectivity index (χ1n) is 18.9. The number of aromatic amines is 2. The zero-order valence-electron chi connectivity index (χ0n) is 32.0. The standard InChI is InChI=1S/C40H52N8O6/c1-24(2)34(42-23-54-53-6)38(49)48-20-8-10-33(48)37-44-30-18-16-28(21-31(30)45-37)27-14-11-26(12-15-27)13-17-29-22-41-36(43-29)32-9-7-19-47(32)39(50)35(25(3)4)46-40(51)52-5/h11-12,14-16,18,21-25,32-35H,7-10,13,17,19-20H2,1-6H3,(H,41,43)(H,44,45)(H,46,51)/b42-23+/t32-,33-,34-,35-/m0/s1. The van der Waals surface area contributed by atoms with Gasteiger partial charge in [0.15, 0.2) is 0 Å². The number of imidazole rings is 2. The average Bonchev–Trinajstić information content (AvgIpc) is 4.00. The van der Waals surface area contributed by atoms with Gasteiger partial charge in [0.2, 0.25) is 18.2 Å². The number of methoxy groups -OCH3 is 1. The highest BCUT2D eigenvalue weighted by molar-refractivity contribution is 5.87. The number of hydrogen-bond acceptors (Lipinski definition) is 9. The van der Waals surface area contributed by atoms with Crippen molar-refractivity contribution in [1.29, 1.82) is 0 Å². The minimum atomic E-state index is -0.666. The van der Waals surface area contributed by atoms with E-state index in [-0.39, 0.29) is 35.7 Å². The molecule has 3 N–H and O–H groups in total. The molecule has 4 atom stereocenters. The van der Waals surface area contributed by atoms with E-state index >= 15 is 0 Å². The normalized spacial score (nSPS) is 18.6. The van der Waals surface area contributed by atoms with Crippen LogP contribution in [0.3, 0.4) is 0 Å². The summed E-state index contributed by atoms with van der Waals surface area (Å²) < 4.78 is 4.75. The third-order valence-electron chi connectivity index (χ3n) is 10.4. The molecular formula is C40H52N8O6. The summed E-state index contributed by atoms with van der Waals surface area (Å²) >= 11 is 0. The van der Waals surface area contributed by atoms with E-state index in [1.807, 2.05) is 49.8 Å². The largest absolute Gasteiger partial charge is 0.453 e. The van der Waals surface area contributed by atoms with Gasteiger partial charge in [-0.3, -0.25) is 9.59 Å². The molecule has 2 saturated heterocycles. The van der Waals surface area contributed by atoms with Crippen molar-refractivity contribution < 1.29 is 28.9 Å². The molecule has 2 aromatic carbocycles. The van der Waals surface area contributed by atoms with Crippen LogP contribution in [-0.4, -0.2) is 93.4 Å². The van der Waals surface area contributed by atoms with Crippen molar-refractivity contribution in [3.8, 4) is 11.1 Å². The van der Waals surface area contributed by atoms with Crippen LogP contribution in [0.1, 0.15) is 88.4 Å². The maximum Gasteiger partial charge on any atom is 0.407 e. The fraction of sp³-hybridized carbons (Fsp3) is 0.500. The van der Waals surface area contributed by atoms with Crippen LogP contribution < -0.4 is 5.32 Å². The Kier molecular flexibility index (Phi) is 12.3. The Morgan fingerprint density at radius 2 is 1.57 bits per heavy atom. The van der Waals surface area contributed by atoms with Gasteiger partial charge in [0.25, 0.3) is 0 Å². The number of fused-ring (bicyclic) bond motifs is 1. The molecule has 6 rings (SSSR count). The third kappa shape index (κ3) is 8.59. The summed E-state index contributed by atoms with van der Waals surface area (Å²) in [4.78, 5) is 73.1. The van der Waals surface area contributed by atoms with Gasteiger partial charge >= 0.3 is 6.09 Å². The predicted octanol–water partition coefficient (Wildman–Crippen LogP) is 6.08.